The van der Waals surface area contributed by atoms with E-state index in [1.807, 2.05) is 24.3 Å². The van der Waals surface area contributed by atoms with Gasteiger partial charge in [-0.2, -0.15) is 0 Å². The maximum Gasteiger partial charge on any atom is 0.230 e. The number of rotatable bonds is 5. The number of carbonyl (C=O) groups is 1. The molecule has 1 aliphatic heterocycles. The topological polar surface area (TPSA) is 32.3 Å². The number of carbonyl (C=O) groups excluding carboxylic acids is 1. The number of thioether (sulfide) groups is 1. The van der Waals surface area contributed by atoms with Gasteiger partial charge < -0.3 is 10.2 Å². The SMILES string of the molecule is CN1CCC(NC(=O)CSCc2cccc(Cl)c2)CC1. The van der Waals surface area contributed by atoms with Crippen LogP contribution in [0.1, 0.15) is 18.4 Å². The Morgan fingerprint density at radius 2 is 2.20 bits per heavy atom. The summed E-state index contributed by atoms with van der Waals surface area (Å²) in [5, 5.41) is 3.87. The molecule has 0 bridgehead atoms. The number of nitrogens with one attached hydrogen (secondary N) is 1. The molecule has 1 fully saturated rings. The van der Waals surface area contributed by atoms with E-state index >= 15 is 0 Å². The molecule has 3 nitrogen and oxygen atoms in total. The van der Waals surface area contributed by atoms with Crippen molar-refractivity contribution in [1.82, 2.24) is 10.2 Å². The fraction of sp³-hybridized carbons (Fsp3) is 0.533. The Bertz CT molecular complexity index is 447. The van der Waals surface area contributed by atoms with E-state index in [0.29, 0.717) is 11.8 Å². The van der Waals surface area contributed by atoms with E-state index in [9.17, 15) is 4.79 Å². The van der Waals surface area contributed by atoms with Crippen LogP contribution in [-0.4, -0.2) is 42.7 Å². The standard InChI is InChI=1S/C15H21ClN2OS/c1-18-7-5-14(6-8-18)17-15(19)11-20-10-12-3-2-4-13(16)9-12/h2-4,9,14H,5-8,10-11H2,1H3,(H,17,19). The lowest BCUT2D eigenvalue weighted by Crippen LogP contribution is -2.43. The molecule has 0 aliphatic carbocycles. The molecular weight excluding hydrogens is 292 g/mol. The van der Waals surface area contributed by atoms with Gasteiger partial charge in [0.15, 0.2) is 0 Å². The Kier molecular flexibility index (Phi) is 6.20. The highest BCUT2D eigenvalue weighted by Gasteiger charge is 2.18. The molecule has 0 aromatic heterocycles. The largest absolute Gasteiger partial charge is 0.353 e. The third-order valence-electron chi connectivity index (χ3n) is 3.47. The zero-order valence-electron chi connectivity index (χ0n) is 11.8. The van der Waals surface area contributed by atoms with Gasteiger partial charge in [-0.1, -0.05) is 23.7 Å². The summed E-state index contributed by atoms with van der Waals surface area (Å²) in [7, 11) is 2.12. The molecule has 20 heavy (non-hydrogen) atoms. The van der Waals surface area contributed by atoms with Crippen LogP contribution in [0.2, 0.25) is 5.02 Å². The molecule has 2 rings (SSSR count). The van der Waals surface area contributed by atoms with Gasteiger partial charge in [-0.15, -0.1) is 11.8 Å². The molecule has 0 spiro atoms. The second kappa shape index (κ2) is 7.91. The average Bonchev–Trinajstić information content (AvgIpc) is 2.41. The van der Waals surface area contributed by atoms with Crippen LogP contribution < -0.4 is 5.32 Å². The van der Waals surface area contributed by atoms with Crippen molar-refractivity contribution in [2.24, 2.45) is 0 Å². The Hall–Kier alpha value is -0.710. The molecule has 1 N–H and O–H groups in total. The highest BCUT2D eigenvalue weighted by Crippen LogP contribution is 2.16. The number of benzene rings is 1. The Morgan fingerprint density at radius 1 is 1.45 bits per heavy atom. The predicted octanol–water partition coefficient (Wildman–Crippen LogP) is 2.78. The number of hydrogen-bond donors (Lipinski definition) is 1. The first-order chi connectivity index (χ1) is 9.63. The summed E-state index contributed by atoms with van der Waals surface area (Å²) in [6.07, 6.45) is 2.11. The molecule has 0 saturated carbocycles. The number of nitrogens with zero attached hydrogens (tertiary/aromatic N) is 1. The van der Waals surface area contributed by atoms with Gasteiger partial charge in [-0.3, -0.25) is 4.79 Å². The van der Waals surface area contributed by atoms with Gasteiger partial charge in [0.25, 0.3) is 0 Å². The Balaban J connectivity index is 1.65. The molecule has 1 heterocycles. The molecule has 110 valence electrons. The fourth-order valence-corrected chi connectivity index (χ4v) is 3.31. The third-order valence-corrected chi connectivity index (χ3v) is 4.71. The van der Waals surface area contributed by atoms with E-state index in [1.54, 1.807) is 11.8 Å². The number of amides is 1. The first-order valence-corrected chi connectivity index (χ1v) is 8.47. The van der Waals surface area contributed by atoms with Crippen LogP contribution >= 0.6 is 23.4 Å². The van der Waals surface area contributed by atoms with Gasteiger partial charge in [0.1, 0.15) is 0 Å². The van der Waals surface area contributed by atoms with E-state index < -0.39 is 0 Å². The van der Waals surface area contributed by atoms with Crippen molar-refractivity contribution in [2.45, 2.75) is 24.6 Å². The lowest BCUT2D eigenvalue weighted by molar-refractivity contribution is -0.119. The number of piperidine rings is 1. The smallest absolute Gasteiger partial charge is 0.230 e. The minimum Gasteiger partial charge on any atom is -0.353 e. The minimum atomic E-state index is 0.145. The van der Waals surface area contributed by atoms with Crippen LogP contribution in [0.25, 0.3) is 0 Å². The van der Waals surface area contributed by atoms with Gasteiger partial charge in [-0.05, 0) is 50.7 Å². The molecular formula is C15H21ClN2OS. The van der Waals surface area contributed by atoms with Crippen molar-refractivity contribution in [3.05, 3.63) is 34.9 Å². The molecule has 5 heteroatoms. The van der Waals surface area contributed by atoms with Crippen molar-refractivity contribution in [1.29, 1.82) is 0 Å². The monoisotopic (exact) mass is 312 g/mol. The average molecular weight is 313 g/mol. The maximum absolute atomic E-state index is 11.9. The first kappa shape index (κ1) is 15.7. The first-order valence-electron chi connectivity index (χ1n) is 6.93. The lowest BCUT2D eigenvalue weighted by atomic mass is 10.1. The van der Waals surface area contributed by atoms with Crippen molar-refractivity contribution in [3.8, 4) is 0 Å². The van der Waals surface area contributed by atoms with Gasteiger partial charge in [0, 0.05) is 16.8 Å². The second-order valence-electron chi connectivity index (χ2n) is 5.27. The van der Waals surface area contributed by atoms with Crippen molar-refractivity contribution < 1.29 is 4.79 Å². The van der Waals surface area contributed by atoms with Crippen LogP contribution in [0, 0.1) is 0 Å². The highest BCUT2D eigenvalue weighted by atomic mass is 35.5. The van der Waals surface area contributed by atoms with Crippen molar-refractivity contribution in [3.63, 3.8) is 0 Å². The Labute approximate surface area is 130 Å². The van der Waals surface area contributed by atoms with E-state index in [2.05, 4.69) is 17.3 Å². The summed E-state index contributed by atoms with van der Waals surface area (Å²) >= 11 is 7.57. The molecule has 1 amide bonds. The van der Waals surface area contributed by atoms with Gasteiger partial charge in [0.05, 0.1) is 5.75 Å². The van der Waals surface area contributed by atoms with Crippen molar-refractivity contribution >= 4 is 29.3 Å². The minimum absolute atomic E-state index is 0.145. The van der Waals surface area contributed by atoms with Gasteiger partial charge in [0.2, 0.25) is 5.91 Å². The Morgan fingerprint density at radius 3 is 2.90 bits per heavy atom. The van der Waals surface area contributed by atoms with Gasteiger partial charge >= 0.3 is 0 Å². The molecule has 0 atom stereocenters. The lowest BCUT2D eigenvalue weighted by Gasteiger charge is -2.29. The quantitative estimate of drug-likeness (QED) is 0.907. The molecule has 1 aliphatic rings. The summed E-state index contributed by atoms with van der Waals surface area (Å²) < 4.78 is 0. The zero-order valence-corrected chi connectivity index (χ0v) is 13.3. The van der Waals surface area contributed by atoms with Crippen LogP contribution in [0.3, 0.4) is 0 Å². The van der Waals surface area contributed by atoms with E-state index in [1.165, 1.54) is 0 Å². The summed E-state index contributed by atoms with van der Waals surface area (Å²) in [6.45, 7) is 2.14. The number of likely N-dealkylation sites (tertiary alicyclic amines) is 1. The van der Waals surface area contributed by atoms with Crippen LogP contribution in [0.5, 0.6) is 0 Å². The maximum atomic E-state index is 11.9. The van der Waals surface area contributed by atoms with Crippen LogP contribution in [0.15, 0.2) is 24.3 Å². The number of halogens is 1. The summed E-state index contributed by atoms with van der Waals surface area (Å²) in [6, 6.07) is 8.14. The van der Waals surface area contributed by atoms with E-state index in [-0.39, 0.29) is 5.91 Å². The predicted molar refractivity (Wildman–Crippen MR) is 86.3 cm³/mol. The second-order valence-corrected chi connectivity index (χ2v) is 6.69. The van der Waals surface area contributed by atoms with E-state index in [4.69, 9.17) is 11.6 Å². The van der Waals surface area contributed by atoms with Crippen LogP contribution in [0.4, 0.5) is 0 Å². The normalized spacial score (nSPS) is 17.1. The molecule has 0 radical (unpaired) electrons. The van der Waals surface area contributed by atoms with Crippen molar-refractivity contribution in [2.75, 3.05) is 25.9 Å². The van der Waals surface area contributed by atoms with E-state index in [0.717, 1.165) is 42.3 Å². The summed E-state index contributed by atoms with van der Waals surface area (Å²) in [4.78, 5) is 14.2. The molecule has 1 saturated heterocycles. The molecule has 0 unspecified atom stereocenters. The fourth-order valence-electron chi connectivity index (χ4n) is 2.31. The molecule has 1 aromatic rings. The third kappa shape index (κ3) is 5.35. The van der Waals surface area contributed by atoms with Crippen LogP contribution in [-0.2, 0) is 10.5 Å². The van der Waals surface area contributed by atoms with Gasteiger partial charge in [-0.25, -0.2) is 0 Å². The highest BCUT2D eigenvalue weighted by molar-refractivity contribution is 7.99. The molecule has 1 aromatic carbocycles. The number of hydrogen-bond acceptors (Lipinski definition) is 3. The summed E-state index contributed by atoms with van der Waals surface area (Å²) in [5.74, 6) is 1.48. The summed E-state index contributed by atoms with van der Waals surface area (Å²) in [5.41, 5.74) is 1.16. The zero-order chi connectivity index (χ0) is 14.4.